The lowest BCUT2D eigenvalue weighted by molar-refractivity contribution is -0.134. The first-order valence-electron chi connectivity index (χ1n) is 10.6. The molecule has 1 aliphatic rings. The summed E-state index contributed by atoms with van der Waals surface area (Å²) in [5.74, 6) is -0.936. The highest BCUT2D eigenvalue weighted by atomic mass is 32.2. The number of unbranched alkanes of at least 4 members (excludes halogenated alkanes) is 2. The second kappa shape index (κ2) is 9.92. The number of hydrogen-bond donors (Lipinski definition) is 2. The van der Waals surface area contributed by atoms with Crippen LogP contribution in [0.1, 0.15) is 51.5 Å². The minimum absolute atomic E-state index is 0.0651. The summed E-state index contributed by atoms with van der Waals surface area (Å²) in [6, 6.07) is 11.2. The maximum absolute atomic E-state index is 12.5. The summed E-state index contributed by atoms with van der Waals surface area (Å²) in [5.41, 5.74) is 1.14. The van der Waals surface area contributed by atoms with Crippen LogP contribution in [0, 0.1) is 17.2 Å². The van der Waals surface area contributed by atoms with E-state index in [0.29, 0.717) is 19.3 Å². The van der Waals surface area contributed by atoms with Gasteiger partial charge in [-0.2, -0.15) is 13.7 Å². The van der Waals surface area contributed by atoms with Gasteiger partial charge in [-0.3, -0.25) is 4.79 Å². The molecule has 0 amide bonds. The van der Waals surface area contributed by atoms with Crippen LogP contribution in [0.5, 0.6) is 5.75 Å². The molecule has 0 radical (unpaired) electrons. The Morgan fingerprint density at radius 2 is 2.03 bits per heavy atom. The number of nitrogens with one attached hydrogen (secondary N) is 1. The number of nitrogens with zero attached hydrogens (tertiary/aromatic N) is 2. The molecule has 170 valence electrons. The zero-order valence-electron chi connectivity index (χ0n) is 18.2. The third-order valence-electron chi connectivity index (χ3n) is 5.25. The summed E-state index contributed by atoms with van der Waals surface area (Å²) >= 11 is 0. The van der Waals surface area contributed by atoms with Gasteiger partial charge >= 0.3 is 16.2 Å². The molecule has 32 heavy (non-hydrogen) atoms. The molecule has 3 rings (SSSR count). The first-order valence-corrected chi connectivity index (χ1v) is 12.1. The van der Waals surface area contributed by atoms with E-state index >= 15 is 0 Å². The lowest BCUT2D eigenvalue weighted by Gasteiger charge is -2.19. The number of ether oxygens (including phenoxy) is 1. The number of benzene rings is 2. The number of aliphatic hydroxyl groups is 1. The lowest BCUT2D eigenvalue weighted by Crippen LogP contribution is -2.30. The molecule has 0 saturated heterocycles. The van der Waals surface area contributed by atoms with Gasteiger partial charge in [-0.1, -0.05) is 38.0 Å². The summed E-state index contributed by atoms with van der Waals surface area (Å²) in [6.45, 7) is 3.90. The fraction of sp³-hybridized carbons (Fsp3) is 0.391. The molecule has 0 fully saturated rings. The van der Waals surface area contributed by atoms with Crippen molar-refractivity contribution < 1.29 is 23.1 Å². The molecular weight excluding hydrogens is 430 g/mol. The number of carbonyl (C=O) groups excluding carboxylic acids is 1. The fourth-order valence-corrected chi connectivity index (χ4v) is 4.51. The molecular formula is C23H27N3O5S. The molecule has 2 N–H and O–H groups in total. The quantitative estimate of drug-likeness (QED) is 0.327. The van der Waals surface area contributed by atoms with E-state index in [2.05, 4.69) is 6.07 Å². The Kier molecular flexibility index (Phi) is 7.26. The highest BCUT2D eigenvalue weighted by Gasteiger charge is 2.31. The Balaban J connectivity index is 2.00. The number of hydrogen-bond acceptors (Lipinski definition) is 6. The average molecular weight is 458 g/mol. The zero-order chi connectivity index (χ0) is 23.3. The van der Waals surface area contributed by atoms with Crippen LogP contribution in [-0.4, -0.2) is 19.5 Å². The van der Waals surface area contributed by atoms with Crippen molar-refractivity contribution in [3.05, 3.63) is 48.0 Å². The van der Waals surface area contributed by atoms with Gasteiger partial charge < -0.3 is 9.84 Å². The SMILES string of the molecule is CCCCCC(=O)Oc1cc2ccc(CCC(C)C#N)cc2cc1N1C=C(O)NS1(=O)=O. The van der Waals surface area contributed by atoms with Gasteiger partial charge in [0.15, 0.2) is 5.75 Å². The van der Waals surface area contributed by atoms with Crippen molar-refractivity contribution in [3.8, 4) is 11.8 Å². The Bertz CT molecular complexity index is 1180. The number of nitriles is 1. The smallest absolute Gasteiger partial charge is 0.330 e. The van der Waals surface area contributed by atoms with Crippen LogP contribution in [0.3, 0.4) is 0 Å². The van der Waals surface area contributed by atoms with Crippen LogP contribution in [0.15, 0.2) is 42.4 Å². The summed E-state index contributed by atoms with van der Waals surface area (Å²) < 4.78 is 33.3. The summed E-state index contributed by atoms with van der Waals surface area (Å²) in [7, 11) is -4.06. The number of fused-ring (bicyclic) bond motifs is 1. The van der Waals surface area contributed by atoms with Crippen molar-refractivity contribution in [1.82, 2.24) is 4.72 Å². The first kappa shape index (κ1) is 23.4. The second-order valence-electron chi connectivity index (χ2n) is 7.92. The lowest BCUT2D eigenvalue weighted by atomic mass is 9.99. The largest absolute Gasteiger partial charge is 0.493 e. The number of carbonyl (C=O) groups is 1. The standard InChI is InChI=1S/C23H27N3O5S/c1-3-4-5-6-23(28)31-21-13-18-10-9-17(8-7-16(2)14-24)11-19(18)12-20(21)26-15-22(27)25-32(26,29)30/h9-13,15-16,25,27H,3-8H2,1-2H3. The Morgan fingerprint density at radius 3 is 2.69 bits per heavy atom. The van der Waals surface area contributed by atoms with E-state index in [9.17, 15) is 18.3 Å². The number of esters is 1. The maximum atomic E-state index is 12.5. The van der Waals surface area contributed by atoms with E-state index in [1.165, 1.54) is 0 Å². The van der Waals surface area contributed by atoms with Crippen molar-refractivity contribution in [1.29, 1.82) is 5.26 Å². The number of aryl methyl sites for hydroxylation is 1. The van der Waals surface area contributed by atoms with Crippen LogP contribution in [-0.2, 0) is 21.4 Å². The topological polar surface area (TPSA) is 120 Å². The van der Waals surface area contributed by atoms with E-state index in [0.717, 1.165) is 39.7 Å². The number of aliphatic hydroxyl groups excluding tert-OH is 1. The molecule has 1 atom stereocenters. The van der Waals surface area contributed by atoms with E-state index in [4.69, 9.17) is 10.00 Å². The van der Waals surface area contributed by atoms with Gasteiger partial charge in [0.25, 0.3) is 0 Å². The fourth-order valence-electron chi connectivity index (χ4n) is 3.45. The molecule has 0 aromatic heterocycles. The number of rotatable bonds is 9. The van der Waals surface area contributed by atoms with Crippen molar-refractivity contribution >= 4 is 32.6 Å². The molecule has 1 unspecified atom stereocenters. The molecule has 0 saturated carbocycles. The highest BCUT2D eigenvalue weighted by molar-refractivity contribution is 7.91. The third-order valence-corrected chi connectivity index (χ3v) is 6.53. The monoisotopic (exact) mass is 457 g/mol. The first-order chi connectivity index (χ1) is 15.2. The van der Waals surface area contributed by atoms with Gasteiger partial charge in [-0.15, -0.1) is 0 Å². The van der Waals surface area contributed by atoms with Gasteiger partial charge in [0, 0.05) is 12.3 Å². The average Bonchev–Trinajstić information content (AvgIpc) is 3.03. The molecule has 8 nitrogen and oxygen atoms in total. The van der Waals surface area contributed by atoms with E-state index in [1.807, 2.05) is 36.8 Å². The van der Waals surface area contributed by atoms with Gasteiger partial charge in [0.2, 0.25) is 5.88 Å². The van der Waals surface area contributed by atoms with E-state index in [-0.39, 0.29) is 23.8 Å². The van der Waals surface area contributed by atoms with Crippen LogP contribution in [0.2, 0.25) is 0 Å². The predicted molar refractivity (Wildman–Crippen MR) is 122 cm³/mol. The van der Waals surface area contributed by atoms with Crippen molar-refractivity contribution in [2.24, 2.45) is 5.92 Å². The highest BCUT2D eigenvalue weighted by Crippen LogP contribution is 2.37. The molecule has 1 aliphatic heterocycles. The van der Waals surface area contributed by atoms with Gasteiger partial charge in [0.1, 0.15) is 5.69 Å². The summed E-state index contributed by atoms with van der Waals surface area (Å²) in [4.78, 5) is 12.4. The zero-order valence-corrected chi connectivity index (χ0v) is 19.0. The maximum Gasteiger partial charge on any atom is 0.330 e. The molecule has 2 aromatic rings. The minimum Gasteiger partial charge on any atom is -0.493 e. The van der Waals surface area contributed by atoms with Crippen LogP contribution in [0.25, 0.3) is 10.8 Å². The Labute approximate surface area is 188 Å². The van der Waals surface area contributed by atoms with Crippen LogP contribution >= 0.6 is 0 Å². The minimum atomic E-state index is -4.06. The van der Waals surface area contributed by atoms with E-state index < -0.39 is 22.1 Å². The van der Waals surface area contributed by atoms with Crippen molar-refractivity contribution in [3.63, 3.8) is 0 Å². The van der Waals surface area contributed by atoms with Crippen molar-refractivity contribution in [2.45, 2.75) is 52.4 Å². The van der Waals surface area contributed by atoms with Gasteiger partial charge in [-0.05, 0) is 54.7 Å². The number of anilines is 1. The van der Waals surface area contributed by atoms with Crippen LogP contribution < -0.4 is 13.8 Å². The van der Waals surface area contributed by atoms with Crippen LogP contribution in [0.4, 0.5) is 5.69 Å². The van der Waals surface area contributed by atoms with Crippen molar-refractivity contribution in [2.75, 3.05) is 4.31 Å². The molecule has 0 aliphatic carbocycles. The van der Waals surface area contributed by atoms with Gasteiger partial charge in [-0.25, -0.2) is 9.03 Å². The molecule has 9 heteroatoms. The predicted octanol–water partition coefficient (Wildman–Crippen LogP) is 4.43. The molecule has 0 spiro atoms. The Morgan fingerprint density at radius 1 is 1.25 bits per heavy atom. The summed E-state index contributed by atoms with van der Waals surface area (Å²) in [6.07, 6.45) is 5.23. The third kappa shape index (κ3) is 5.51. The molecule has 1 heterocycles. The van der Waals surface area contributed by atoms with Gasteiger partial charge in [0.05, 0.1) is 12.3 Å². The summed E-state index contributed by atoms with van der Waals surface area (Å²) in [5, 5.41) is 20.2. The van der Waals surface area contributed by atoms with E-state index in [1.54, 1.807) is 12.1 Å². The molecule has 0 bridgehead atoms. The molecule has 2 aromatic carbocycles. The Hall–Kier alpha value is -3.25. The second-order valence-corrected chi connectivity index (χ2v) is 9.47. The normalized spacial score (nSPS) is 15.7.